The fourth-order valence-electron chi connectivity index (χ4n) is 1.70. The maximum atomic E-state index is 10.9. The van der Waals surface area contributed by atoms with Crippen molar-refractivity contribution in [3.05, 3.63) is 23.3 Å². The van der Waals surface area contributed by atoms with Gasteiger partial charge in [-0.15, -0.1) is 0 Å². The maximum absolute atomic E-state index is 10.9. The second kappa shape index (κ2) is 6.63. The number of methoxy groups -OCH3 is 2. The van der Waals surface area contributed by atoms with Gasteiger partial charge in [-0.2, -0.15) is 0 Å². The van der Waals surface area contributed by atoms with E-state index >= 15 is 0 Å². The zero-order chi connectivity index (χ0) is 14.4. The lowest BCUT2D eigenvalue weighted by atomic mass is 10.1. The fourth-order valence-corrected chi connectivity index (χ4v) is 1.70. The van der Waals surface area contributed by atoms with Gasteiger partial charge in [0.2, 0.25) is 0 Å². The first-order valence-corrected chi connectivity index (χ1v) is 5.72. The summed E-state index contributed by atoms with van der Waals surface area (Å²) in [6, 6.07) is 3.66. The van der Waals surface area contributed by atoms with E-state index in [-0.39, 0.29) is 6.54 Å². The SMILES string of the molecule is COc1cc(CCNC(=O)C(=O)O)c(OC)cc1C. The van der Waals surface area contributed by atoms with Gasteiger partial charge in [-0.25, -0.2) is 4.79 Å². The topological polar surface area (TPSA) is 84.9 Å². The van der Waals surface area contributed by atoms with E-state index in [4.69, 9.17) is 14.6 Å². The zero-order valence-electron chi connectivity index (χ0n) is 11.1. The van der Waals surface area contributed by atoms with E-state index in [0.717, 1.165) is 16.9 Å². The number of rotatable bonds is 5. The van der Waals surface area contributed by atoms with Crippen molar-refractivity contribution >= 4 is 11.9 Å². The van der Waals surface area contributed by atoms with E-state index in [0.29, 0.717) is 12.2 Å². The molecule has 0 saturated heterocycles. The molecule has 0 atom stereocenters. The summed E-state index contributed by atoms with van der Waals surface area (Å²) < 4.78 is 10.5. The third-order valence-corrected chi connectivity index (χ3v) is 2.67. The predicted molar refractivity (Wildman–Crippen MR) is 68.6 cm³/mol. The minimum atomic E-state index is -1.49. The number of carbonyl (C=O) groups excluding carboxylic acids is 1. The van der Waals surface area contributed by atoms with Crippen LogP contribution in [-0.4, -0.2) is 37.7 Å². The molecule has 0 spiro atoms. The molecule has 6 heteroatoms. The molecule has 0 unspecified atom stereocenters. The summed E-state index contributed by atoms with van der Waals surface area (Å²) in [5.74, 6) is -1.10. The Kier molecular flexibility index (Phi) is 5.17. The number of ether oxygens (including phenoxy) is 2. The molecule has 2 N–H and O–H groups in total. The van der Waals surface area contributed by atoms with E-state index in [2.05, 4.69) is 5.32 Å². The molecule has 0 bridgehead atoms. The molecule has 104 valence electrons. The van der Waals surface area contributed by atoms with Crippen molar-refractivity contribution in [2.75, 3.05) is 20.8 Å². The Hall–Kier alpha value is -2.24. The van der Waals surface area contributed by atoms with Crippen LogP contribution in [-0.2, 0) is 16.0 Å². The highest BCUT2D eigenvalue weighted by Crippen LogP contribution is 2.28. The van der Waals surface area contributed by atoms with Crippen molar-refractivity contribution in [3.8, 4) is 11.5 Å². The number of amides is 1. The lowest BCUT2D eigenvalue weighted by Gasteiger charge is -2.13. The predicted octanol–water partition coefficient (Wildman–Crippen LogP) is 0.756. The first kappa shape index (κ1) is 14.8. The number of benzene rings is 1. The van der Waals surface area contributed by atoms with Gasteiger partial charge >= 0.3 is 11.9 Å². The van der Waals surface area contributed by atoms with Gasteiger partial charge in [0.15, 0.2) is 0 Å². The summed E-state index contributed by atoms with van der Waals surface area (Å²) in [5.41, 5.74) is 1.79. The van der Waals surface area contributed by atoms with Crippen molar-refractivity contribution in [1.29, 1.82) is 0 Å². The molecule has 1 rings (SSSR count). The summed E-state index contributed by atoms with van der Waals surface area (Å²) in [6.07, 6.45) is 0.457. The molecule has 1 amide bonds. The van der Waals surface area contributed by atoms with Gasteiger partial charge in [-0.3, -0.25) is 4.79 Å². The van der Waals surface area contributed by atoms with Gasteiger partial charge in [0, 0.05) is 6.54 Å². The molecule has 1 aromatic rings. The van der Waals surface area contributed by atoms with E-state index in [1.165, 1.54) is 0 Å². The first-order valence-electron chi connectivity index (χ1n) is 5.72. The zero-order valence-corrected chi connectivity index (χ0v) is 11.1. The summed E-state index contributed by atoms with van der Waals surface area (Å²) in [7, 11) is 3.13. The molecule has 0 saturated carbocycles. The second-order valence-corrected chi connectivity index (χ2v) is 3.94. The molecule has 6 nitrogen and oxygen atoms in total. The molecule has 19 heavy (non-hydrogen) atoms. The number of carboxylic acids is 1. The van der Waals surface area contributed by atoms with Crippen LogP contribution in [0.1, 0.15) is 11.1 Å². The average Bonchev–Trinajstić information content (AvgIpc) is 2.39. The molecule has 0 fully saturated rings. The van der Waals surface area contributed by atoms with Crippen LogP contribution in [0.5, 0.6) is 11.5 Å². The van der Waals surface area contributed by atoms with E-state index in [1.807, 2.05) is 19.1 Å². The highest BCUT2D eigenvalue weighted by Gasteiger charge is 2.12. The van der Waals surface area contributed by atoms with Crippen molar-refractivity contribution < 1.29 is 24.2 Å². The molecule has 0 heterocycles. The van der Waals surface area contributed by atoms with Crippen LogP contribution in [0.3, 0.4) is 0 Å². The lowest BCUT2D eigenvalue weighted by Crippen LogP contribution is -2.32. The van der Waals surface area contributed by atoms with Crippen LogP contribution in [0.2, 0.25) is 0 Å². The van der Waals surface area contributed by atoms with E-state index < -0.39 is 11.9 Å². The van der Waals surface area contributed by atoms with Crippen molar-refractivity contribution in [3.63, 3.8) is 0 Å². The number of carbonyl (C=O) groups is 2. The molecular formula is C13H17NO5. The van der Waals surface area contributed by atoms with Crippen LogP contribution in [0, 0.1) is 6.92 Å². The summed E-state index contributed by atoms with van der Waals surface area (Å²) in [5, 5.41) is 10.7. The van der Waals surface area contributed by atoms with Crippen LogP contribution >= 0.6 is 0 Å². The number of hydrogen-bond donors (Lipinski definition) is 2. The third kappa shape index (κ3) is 3.87. The summed E-state index contributed by atoms with van der Waals surface area (Å²) in [4.78, 5) is 21.3. The number of hydrogen-bond acceptors (Lipinski definition) is 4. The molecule has 0 aliphatic carbocycles. The Morgan fingerprint density at radius 2 is 1.84 bits per heavy atom. The molecule has 0 radical (unpaired) electrons. The standard InChI is InChI=1S/C13H17NO5/c1-8-6-11(19-3)9(7-10(8)18-2)4-5-14-12(15)13(16)17/h6-7H,4-5H2,1-3H3,(H,14,15)(H,16,17). The Labute approximate surface area is 111 Å². The van der Waals surface area contributed by atoms with Gasteiger partial charge in [0.1, 0.15) is 11.5 Å². The molecule has 0 aliphatic heterocycles. The van der Waals surface area contributed by atoms with Gasteiger partial charge in [0.05, 0.1) is 14.2 Å². The molecule has 0 aliphatic rings. The largest absolute Gasteiger partial charge is 0.496 e. The van der Waals surface area contributed by atoms with Crippen molar-refractivity contribution in [2.45, 2.75) is 13.3 Å². The van der Waals surface area contributed by atoms with Crippen LogP contribution < -0.4 is 14.8 Å². The Morgan fingerprint density at radius 1 is 1.21 bits per heavy atom. The Balaban J connectivity index is 2.76. The molecular weight excluding hydrogens is 250 g/mol. The number of aliphatic carboxylic acids is 1. The normalized spacial score (nSPS) is 9.84. The van der Waals surface area contributed by atoms with Gasteiger partial charge in [-0.05, 0) is 36.6 Å². The lowest BCUT2D eigenvalue weighted by molar-refractivity contribution is -0.150. The first-order chi connectivity index (χ1) is 8.99. The average molecular weight is 267 g/mol. The highest BCUT2D eigenvalue weighted by molar-refractivity contribution is 6.31. The van der Waals surface area contributed by atoms with Crippen LogP contribution in [0.4, 0.5) is 0 Å². The van der Waals surface area contributed by atoms with Crippen molar-refractivity contribution in [1.82, 2.24) is 5.32 Å². The maximum Gasteiger partial charge on any atom is 0.394 e. The monoisotopic (exact) mass is 267 g/mol. The van der Waals surface area contributed by atoms with Crippen molar-refractivity contribution in [2.24, 2.45) is 0 Å². The third-order valence-electron chi connectivity index (χ3n) is 2.67. The number of carboxylic acid groups (broad SMARTS) is 1. The Morgan fingerprint density at radius 3 is 2.37 bits per heavy atom. The minimum Gasteiger partial charge on any atom is -0.496 e. The summed E-state index contributed by atoms with van der Waals surface area (Å²) >= 11 is 0. The van der Waals surface area contributed by atoms with Gasteiger partial charge in [-0.1, -0.05) is 0 Å². The quantitative estimate of drug-likeness (QED) is 0.769. The number of nitrogens with one attached hydrogen (secondary N) is 1. The van der Waals surface area contributed by atoms with E-state index in [9.17, 15) is 9.59 Å². The molecule has 1 aromatic carbocycles. The number of aryl methyl sites for hydroxylation is 1. The summed E-state index contributed by atoms with van der Waals surface area (Å²) in [6.45, 7) is 2.12. The smallest absolute Gasteiger partial charge is 0.394 e. The minimum absolute atomic E-state index is 0.216. The fraction of sp³-hybridized carbons (Fsp3) is 0.385. The molecule has 0 aromatic heterocycles. The highest BCUT2D eigenvalue weighted by atomic mass is 16.5. The second-order valence-electron chi connectivity index (χ2n) is 3.94. The van der Waals surface area contributed by atoms with Gasteiger partial charge < -0.3 is 19.9 Å². The van der Waals surface area contributed by atoms with E-state index in [1.54, 1.807) is 14.2 Å². The van der Waals surface area contributed by atoms with Crippen LogP contribution in [0.15, 0.2) is 12.1 Å². The Bertz CT molecular complexity index is 484. The van der Waals surface area contributed by atoms with Crippen LogP contribution in [0.25, 0.3) is 0 Å². The van der Waals surface area contributed by atoms with Gasteiger partial charge in [0.25, 0.3) is 0 Å².